The van der Waals surface area contributed by atoms with Gasteiger partial charge in [0.2, 0.25) is 0 Å². The van der Waals surface area contributed by atoms with Crippen LogP contribution < -0.4 is 15.9 Å². The van der Waals surface area contributed by atoms with Gasteiger partial charge < -0.3 is 22.7 Å². The standard InChI is InChI=1S/3C20H27P.2CHCl3.3Au.BF4.O/c3*1-19(2,3)21(20(4,5)6)18-15-11-10-14-17(18)16-12-8-7-9-13-16;2*2-1(3)4;;;;2-1(3,4)5;/h3*7-15H,1-6H3;2*1H;;;;;/q;;;;;3*+1;-1;-2. The number of rotatable bonds is 6. The van der Waals surface area contributed by atoms with Crippen molar-refractivity contribution in [2.45, 2.75) is 164 Å². The summed E-state index contributed by atoms with van der Waals surface area (Å²) in [6.45, 7) is 42.9. The first kappa shape index (κ1) is 86.8. The Balaban J connectivity index is -0.000000475. The van der Waals surface area contributed by atoms with Crippen molar-refractivity contribution in [2.24, 2.45) is 0 Å². The van der Waals surface area contributed by atoms with E-state index in [2.05, 4.69) is 288 Å². The van der Waals surface area contributed by atoms with Crippen molar-refractivity contribution in [3.8, 4) is 33.4 Å². The minimum Gasteiger partial charge on any atom is -2.00 e. The third-order valence-corrected chi connectivity index (χ3v) is 21.4. The molecule has 0 aliphatic rings. The third-order valence-electron chi connectivity index (χ3n) is 10.7. The molecule has 0 unspecified atom stereocenters. The second kappa shape index (κ2) is 39.3. The molecule has 6 aromatic carbocycles. The summed E-state index contributed by atoms with van der Waals surface area (Å²) in [6.07, 6.45) is 0. The van der Waals surface area contributed by atoms with Crippen molar-refractivity contribution in [3.05, 3.63) is 164 Å². The summed E-state index contributed by atoms with van der Waals surface area (Å²) in [5.74, 6) is 0. The summed E-state index contributed by atoms with van der Waals surface area (Å²) in [6, 6.07) is 59.2. The van der Waals surface area contributed by atoms with Crippen LogP contribution in [-0.4, -0.2) is 46.8 Å². The summed E-state index contributed by atoms with van der Waals surface area (Å²) < 4.78 is 37.5. The first-order valence-electron chi connectivity index (χ1n) is 25.2. The molecule has 80 heavy (non-hydrogen) atoms. The number of hydrogen-bond acceptors (Lipinski definition) is 0. The number of benzene rings is 6. The van der Waals surface area contributed by atoms with E-state index >= 15 is 0 Å². The zero-order valence-electron chi connectivity index (χ0n) is 49.3. The molecule has 0 aliphatic carbocycles. The number of alkyl halides is 6. The molecule has 458 valence electrons. The van der Waals surface area contributed by atoms with E-state index in [1.54, 1.807) is 0 Å². The smallest absolute Gasteiger partial charge is 1.00 e. The van der Waals surface area contributed by atoms with Crippen LogP contribution in [0.2, 0.25) is 0 Å². The quantitative estimate of drug-likeness (QED) is 0.0688. The predicted molar refractivity (Wildman–Crippen MR) is 347 cm³/mol. The van der Waals surface area contributed by atoms with Crippen LogP contribution in [0.15, 0.2) is 164 Å². The van der Waals surface area contributed by atoms with Crippen LogP contribution in [-0.2, 0) is 72.6 Å². The molecule has 0 spiro atoms. The third kappa shape index (κ3) is 34.0. The van der Waals surface area contributed by atoms with Gasteiger partial charge in [0, 0.05) is 0 Å². The normalized spacial score (nSPS) is 11.7. The van der Waals surface area contributed by atoms with E-state index in [9.17, 15) is 17.3 Å². The summed E-state index contributed by atoms with van der Waals surface area (Å²) in [5, 5.41) is 6.32. The molecule has 0 bridgehead atoms. The Hall–Kier alpha value is 0.316. The molecule has 0 N–H and O–H groups in total. The van der Waals surface area contributed by atoms with Gasteiger partial charge in [0.15, 0.2) is 8.59 Å². The Bertz CT molecular complexity index is 2250. The first-order chi connectivity index (χ1) is 34.6. The van der Waals surface area contributed by atoms with Crippen molar-refractivity contribution >= 4 is 117 Å². The molecule has 1 nitrogen and oxygen atoms in total. The molecule has 0 fully saturated rings. The minimum atomic E-state index is -6.00. The molecule has 0 aromatic heterocycles. The van der Waals surface area contributed by atoms with Gasteiger partial charge in [-0.3, -0.25) is 0 Å². The van der Waals surface area contributed by atoms with Crippen LogP contribution in [0.5, 0.6) is 0 Å². The molecule has 0 heterocycles. The second-order valence-corrected chi connectivity index (χ2v) is 39.1. The van der Waals surface area contributed by atoms with Gasteiger partial charge >= 0.3 is 74.4 Å². The molecule has 0 amide bonds. The monoisotopic (exact) mass is 1820 g/mol. The van der Waals surface area contributed by atoms with Gasteiger partial charge in [-0.05, 0) is 80.2 Å². The average molecular weight is 1830 g/mol. The van der Waals surface area contributed by atoms with Crippen LogP contribution in [0.3, 0.4) is 0 Å². The van der Waals surface area contributed by atoms with E-state index in [0.717, 1.165) is 0 Å². The molecular formula is C62H83Au3BCl6F4OP3. The maximum Gasteiger partial charge on any atom is 1.00 e. The fourth-order valence-corrected chi connectivity index (χ4v) is 22.2. The van der Waals surface area contributed by atoms with Crippen LogP contribution in [0.25, 0.3) is 33.4 Å². The van der Waals surface area contributed by atoms with Crippen molar-refractivity contribution in [1.29, 1.82) is 0 Å². The van der Waals surface area contributed by atoms with Gasteiger partial charge in [-0.15, -0.1) is 0 Å². The SMILES string of the molecule is CC(C)(C)P(c1ccccc1-c1ccccc1)C(C)(C)C.CC(C)(C)P(c1ccccc1-c1ccccc1)C(C)(C)C.CC(C)(C)P(c1ccccc1-c1ccccc1)C(C)(C)C.ClC(Cl)Cl.ClC(Cl)Cl.F[B-](F)(F)F.[Au+].[Au+].[Au+].[O-2]. The largest absolute Gasteiger partial charge is 2.00 e. The maximum atomic E-state index is 9.75. The van der Waals surface area contributed by atoms with Gasteiger partial charge in [0.05, 0.1) is 0 Å². The van der Waals surface area contributed by atoms with Gasteiger partial charge in [0.1, 0.15) is 0 Å². The summed E-state index contributed by atoms with van der Waals surface area (Å²) in [4.78, 5) is 0. The summed E-state index contributed by atoms with van der Waals surface area (Å²) in [5.41, 5.74) is 8.18. The van der Waals surface area contributed by atoms with Crippen molar-refractivity contribution < 1.29 is 89.9 Å². The Morgan fingerprint density at radius 2 is 0.412 bits per heavy atom. The maximum absolute atomic E-state index is 9.75. The molecule has 0 saturated carbocycles. The van der Waals surface area contributed by atoms with E-state index in [0.29, 0.717) is 30.9 Å². The zero-order valence-corrected chi connectivity index (χ0v) is 63.0. The van der Waals surface area contributed by atoms with E-state index in [1.165, 1.54) is 49.3 Å². The van der Waals surface area contributed by atoms with E-state index < -0.39 is 15.8 Å². The van der Waals surface area contributed by atoms with E-state index in [4.69, 9.17) is 69.6 Å². The summed E-state index contributed by atoms with van der Waals surface area (Å²) >= 11 is 28.8. The number of hydrogen-bond donors (Lipinski definition) is 0. The zero-order chi connectivity index (χ0) is 58.7. The summed E-state index contributed by atoms with van der Waals surface area (Å²) in [7, 11) is -6.85. The van der Waals surface area contributed by atoms with Gasteiger partial charge in [-0.1, -0.05) is 382 Å². The second-order valence-electron chi connectivity index (χ2n) is 23.7. The van der Waals surface area contributed by atoms with Gasteiger partial charge in [0.25, 0.3) is 0 Å². The van der Waals surface area contributed by atoms with E-state index in [1.807, 2.05) is 0 Å². The van der Waals surface area contributed by atoms with Crippen LogP contribution in [0, 0.1) is 0 Å². The van der Waals surface area contributed by atoms with E-state index in [-0.39, 0.29) is 96.4 Å². The molecule has 6 aromatic rings. The Labute approximate surface area is 561 Å². The number of halogens is 10. The first-order valence-corrected chi connectivity index (χ1v) is 31.8. The molecule has 0 saturated heterocycles. The van der Waals surface area contributed by atoms with Crippen molar-refractivity contribution in [2.75, 3.05) is 0 Å². The molecule has 0 radical (unpaired) electrons. The molecular weight excluding hydrogens is 1740 g/mol. The van der Waals surface area contributed by atoms with Gasteiger partial charge in [-0.25, -0.2) is 0 Å². The Morgan fingerprint density at radius 3 is 0.550 bits per heavy atom. The molecule has 18 heteroatoms. The topological polar surface area (TPSA) is 28.5 Å². The van der Waals surface area contributed by atoms with Crippen molar-refractivity contribution in [3.63, 3.8) is 0 Å². The van der Waals surface area contributed by atoms with Crippen LogP contribution in [0.1, 0.15) is 125 Å². The van der Waals surface area contributed by atoms with Crippen LogP contribution >= 0.6 is 93.4 Å². The fraction of sp³-hybridized carbons (Fsp3) is 0.419. The molecule has 6 rings (SSSR count). The van der Waals surface area contributed by atoms with Gasteiger partial charge in [-0.2, -0.15) is 0 Å². The Kier molecular flexibility index (Phi) is 42.6. The predicted octanol–water partition coefficient (Wildman–Crippen LogP) is 23.3. The average Bonchev–Trinajstić information content (AvgIpc) is 3.25. The van der Waals surface area contributed by atoms with Crippen molar-refractivity contribution in [1.82, 2.24) is 0 Å². The molecule has 0 aliphatic heterocycles. The molecule has 0 atom stereocenters. The minimum absolute atomic E-state index is 0. The van der Waals surface area contributed by atoms with Crippen LogP contribution in [0.4, 0.5) is 17.3 Å². The fourth-order valence-electron chi connectivity index (χ4n) is 9.78. The Morgan fingerprint density at radius 1 is 0.287 bits per heavy atom.